The standard InChI is InChI=1S/C16H21N5O2S/c1-3-21(4-2)12-7-5-11(6-8-12)18-15(23)10-24-16-19-13(17)9-14(22)20-16/h5-9H,3-4,10H2,1-2H3,(H,18,23)(H3,17,19,20,22). The number of anilines is 3. The number of carbonyl (C=O) groups is 1. The first-order valence-corrected chi connectivity index (χ1v) is 8.65. The van der Waals surface area contributed by atoms with Crippen LogP contribution in [0.15, 0.2) is 40.3 Å². The molecule has 7 nitrogen and oxygen atoms in total. The summed E-state index contributed by atoms with van der Waals surface area (Å²) < 4.78 is 0. The number of aromatic amines is 1. The Morgan fingerprint density at radius 1 is 1.29 bits per heavy atom. The number of benzene rings is 1. The lowest BCUT2D eigenvalue weighted by Crippen LogP contribution is -2.21. The molecule has 0 radical (unpaired) electrons. The number of hydrogen-bond donors (Lipinski definition) is 3. The summed E-state index contributed by atoms with van der Waals surface area (Å²) in [6.07, 6.45) is 0. The average Bonchev–Trinajstić information content (AvgIpc) is 2.55. The second-order valence-electron chi connectivity index (χ2n) is 5.03. The van der Waals surface area contributed by atoms with Crippen LogP contribution in [0.2, 0.25) is 0 Å². The maximum atomic E-state index is 12.0. The summed E-state index contributed by atoms with van der Waals surface area (Å²) in [7, 11) is 0. The number of H-pyrrole nitrogens is 1. The molecule has 24 heavy (non-hydrogen) atoms. The van der Waals surface area contributed by atoms with E-state index in [4.69, 9.17) is 5.73 Å². The number of thioether (sulfide) groups is 1. The first-order valence-electron chi connectivity index (χ1n) is 7.66. The minimum Gasteiger partial charge on any atom is -0.383 e. The molecular weight excluding hydrogens is 326 g/mol. The lowest BCUT2D eigenvalue weighted by Gasteiger charge is -2.21. The van der Waals surface area contributed by atoms with Crippen molar-refractivity contribution in [3.8, 4) is 0 Å². The molecule has 0 unspecified atom stereocenters. The molecule has 0 bridgehead atoms. The van der Waals surface area contributed by atoms with Crippen LogP contribution in [0.25, 0.3) is 0 Å². The van der Waals surface area contributed by atoms with E-state index < -0.39 is 0 Å². The summed E-state index contributed by atoms with van der Waals surface area (Å²) >= 11 is 1.12. The minimum absolute atomic E-state index is 0.129. The fourth-order valence-electron chi connectivity index (χ4n) is 2.20. The van der Waals surface area contributed by atoms with Crippen LogP contribution in [-0.2, 0) is 4.79 Å². The first kappa shape index (κ1) is 17.9. The van der Waals surface area contributed by atoms with E-state index >= 15 is 0 Å². The predicted molar refractivity (Wildman–Crippen MR) is 98.6 cm³/mol. The van der Waals surface area contributed by atoms with Crippen molar-refractivity contribution in [1.82, 2.24) is 9.97 Å². The van der Waals surface area contributed by atoms with E-state index in [9.17, 15) is 9.59 Å². The van der Waals surface area contributed by atoms with Gasteiger partial charge >= 0.3 is 0 Å². The van der Waals surface area contributed by atoms with Crippen LogP contribution in [0.4, 0.5) is 17.2 Å². The molecule has 2 aromatic rings. The van der Waals surface area contributed by atoms with Gasteiger partial charge in [-0.25, -0.2) is 4.98 Å². The predicted octanol–water partition coefficient (Wildman–Crippen LogP) is 1.93. The first-order chi connectivity index (χ1) is 11.5. The topological polar surface area (TPSA) is 104 Å². The van der Waals surface area contributed by atoms with Gasteiger partial charge in [0.25, 0.3) is 5.56 Å². The Balaban J connectivity index is 1.91. The van der Waals surface area contributed by atoms with Crippen molar-refractivity contribution in [2.45, 2.75) is 19.0 Å². The quantitative estimate of drug-likeness (QED) is 0.522. The van der Waals surface area contributed by atoms with E-state index in [-0.39, 0.29) is 23.0 Å². The Morgan fingerprint density at radius 3 is 2.54 bits per heavy atom. The van der Waals surface area contributed by atoms with Gasteiger partial charge in [-0.2, -0.15) is 0 Å². The molecule has 2 rings (SSSR count). The SMILES string of the molecule is CCN(CC)c1ccc(NC(=O)CSc2nc(N)cc(=O)[nH]2)cc1. The second kappa shape index (κ2) is 8.39. The van der Waals surface area contributed by atoms with Gasteiger partial charge in [0.1, 0.15) is 5.82 Å². The third kappa shape index (κ3) is 5.02. The second-order valence-corrected chi connectivity index (χ2v) is 6.00. The van der Waals surface area contributed by atoms with E-state index in [0.29, 0.717) is 5.16 Å². The molecule has 0 saturated heterocycles. The van der Waals surface area contributed by atoms with Crippen molar-refractivity contribution in [2.24, 2.45) is 0 Å². The molecule has 0 saturated carbocycles. The average molecular weight is 347 g/mol. The zero-order valence-corrected chi connectivity index (χ0v) is 14.5. The number of hydrogen-bond acceptors (Lipinski definition) is 6. The summed E-state index contributed by atoms with van der Waals surface area (Å²) in [5.41, 5.74) is 7.01. The van der Waals surface area contributed by atoms with Crippen LogP contribution in [0, 0.1) is 0 Å². The monoisotopic (exact) mass is 347 g/mol. The largest absolute Gasteiger partial charge is 0.383 e. The highest BCUT2D eigenvalue weighted by atomic mass is 32.2. The van der Waals surface area contributed by atoms with Crippen LogP contribution >= 0.6 is 11.8 Å². The number of rotatable bonds is 7. The van der Waals surface area contributed by atoms with E-state index in [1.807, 2.05) is 24.3 Å². The molecule has 0 aliphatic carbocycles. The van der Waals surface area contributed by atoms with E-state index in [1.165, 1.54) is 6.07 Å². The van der Waals surface area contributed by atoms with Gasteiger partial charge in [-0.1, -0.05) is 11.8 Å². The fourth-order valence-corrected chi connectivity index (χ4v) is 2.88. The summed E-state index contributed by atoms with van der Waals surface area (Å²) in [5.74, 6) is 0.0822. The van der Waals surface area contributed by atoms with Gasteiger partial charge in [-0.15, -0.1) is 0 Å². The molecule has 128 valence electrons. The van der Waals surface area contributed by atoms with Gasteiger partial charge in [-0.05, 0) is 38.1 Å². The molecule has 0 spiro atoms. The van der Waals surface area contributed by atoms with Crippen molar-refractivity contribution in [3.63, 3.8) is 0 Å². The highest BCUT2D eigenvalue weighted by Gasteiger charge is 2.07. The summed E-state index contributed by atoms with van der Waals surface area (Å²) in [5, 5.41) is 3.14. The van der Waals surface area contributed by atoms with Gasteiger partial charge in [0.15, 0.2) is 5.16 Å². The highest BCUT2D eigenvalue weighted by molar-refractivity contribution is 7.99. The minimum atomic E-state index is -0.336. The smallest absolute Gasteiger partial charge is 0.253 e. The Kier molecular flexibility index (Phi) is 6.25. The molecule has 0 atom stereocenters. The zero-order valence-electron chi connectivity index (χ0n) is 13.7. The number of nitrogens with one attached hydrogen (secondary N) is 2. The number of carbonyl (C=O) groups excluding carboxylic acids is 1. The Morgan fingerprint density at radius 2 is 1.96 bits per heavy atom. The van der Waals surface area contributed by atoms with Crippen molar-refractivity contribution in [2.75, 3.05) is 34.8 Å². The molecule has 0 aliphatic heterocycles. The maximum absolute atomic E-state index is 12.0. The maximum Gasteiger partial charge on any atom is 0.253 e. The van der Waals surface area contributed by atoms with Crippen LogP contribution in [0.5, 0.6) is 0 Å². The van der Waals surface area contributed by atoms with Gasteiger partial charge < -0.3 is 20.9 Å². The van der Waals surface area contributed by atoms with Crippen LogP contribution < -0.4 is 21.5 Å². The van der Waals surface area contributed by atoms with Gasteiger partial charge in [0, 0.05) is 30.5 Å². The number of nitrogen functional groups attached to an aromatic ring is 1. The zero-order chi connectivity index (χ0) is 17.5. The van der Waals surface area contributed by atoms with E-state index in [2.05, 4.69) is 34.0 Å². The summed E-state index contributed by atoms with van der Waals surface area (Å²) in [6.45, 7) is 6.07. The van der Waals surface area contributed by atoms with Crippen LogP contribution in [-0.4, -0.2) is 34.7 Å². The Bertz CT molecular complexity index is 741. The third-order valence-corrected chi connectivity index (χ3v) is 4.23. The van der Waals surface area contributed by atoms with Gasteiger partial charge in [0.2, 0.25) is 5.91 Å². The van der Waals surface area contributed by atoms with Crippen molar-refractivity contribution in [1.29, 1.82) is 0 Å². The molecular formula is C16H21N5O2S. The molecule has 0 aliphatic rings. The summed E-state index contributed by atoms with van der Waals surface area (Å²) in [4.78, 5) is 32.0. The third-order valence-electron chi connectivity index (χ3n) is 3.36. The molecule has 1 amide bonds. The molecule has 0 fully saturated rings. The number of aromatic nitrogens is 2. The van der Waals surface area contributed by atoms with Crippen LogP contribution in [0.1, 0.15) is 13.8 Å². The molecule has 1 heterocycles. The van der Waals surface area contributed by atoms with Crippen molar-refractivity contribution >= 4 is 34.9 Å². The number of nitrogens with zero attached hydrogens (tertiary/aromatic N) is 2. The Labute approximate surface area is 144 Å². The molecule has 8 heteroatoms. The molecule has 1 aromatic heterocycles. The van der Waals surface area contributed by atoms with E-state index in [0.717, 1.165) is 36.2 Å². The lowest BCUT2D eigenvalue weighted by molar-refractivity contribution is -0.113. The van der Waals surface area contributed by atoms with Gasteiger partial charge in [0.05, 0.1) is 5.75 Å². The van der Waals surface area contributed by atoms with Crippen molar-refractivity contribution in [3.05, 3.63) is 40.7 Å². The van der Waals surface area contributed by atoms with Gasteiger partial charge in [-0.3, -0.25) is 9.59 Å². The summed E-state index contributed by atoms with van der Waals surface area (Å²) in [6, 6.07) is 8.90. The highest BCUT2D eigenvalue weighted by Crippen LogP contribution is 2.18. The van der Waals surface area contributed by atoms with Crippen LogP contribution in [0.3, 0.4) is 0 Å². The van der Waals surface area contributed by atoms with E-state index in [1.54, 1.807) is 0 Å². The van der Waals surface area contributed by atoms with Crippen molar-refractivity contribution < 1.29 is 4.79 Å². The molecule has 4 N–H and O–H groups in total. The number of nitrogens with two attached hydrogens (primary N) is 1. The molecule has 1 aromatic carbocycles. The lowest BCUT2D eigenvalue weighted by atomic mass is 10.2. The number of amides is 1. The normalized spacial score (nSPS) is 10.4. The Hall–Kier alpha value is -2.48. The fraction of sp³-hybridized carbons (Fsp3) is 0.312.